The molecule has 0 spiro atoms. The van der Waals surface area contributed by atoms with Gasteiger partial charge < -0.3 is 15.5 Å². The van der Waals surface area contributed by atoms with Gasteiger partial charge in [-0.3, -0.25) is 9.59 Å². The third-order valence-electron chi connectivity index (χ3n) is 4.21. The highest BCUT2D eigenvalue weighted by atomic mass is 32.1. The van der Waals surface area contributed by atoms with E-state index in [9.17, 15) is 9.59 Å². The van der Waals surface area contributed by atoms with Crippen LogP contribution in [0.3, 0.4) is 0 Å². The molecule has 2 amide bonds. The van der Waals surface area contributed by atoms with E-state index < -0.39 is 6.04 Å². The van der Waals surface area contributed by atoms with Crippen molar-refractivity contribution in [2.24, 2.45) is 5.73 Å². The summed E-state index contributed by atoms with van der Waals surface area (Å²) < 4.78 is 0. The van der Waals surface area contributed by atoms with Gasteiger partial charge in [0.05, 0.1) is 0 Å². The molecule has 1 atom stereocenters. The molecule has 1 saturated heterocycles. The third kappa shape index (κ3) is 3.18. The number of anilines is 1. The number of likely N-dealkylation sites (N-methyl/N-ethyl adjacent to an activating group) is 1. The van der Waals surface area contributed by atoms with Crippen molar-refractivity contribution < 1.29 is 9.59 Å². The number of hydrogen-bond donors (Lipinski definition) is 1. The van der Waals surface area contributed by atoms with Crippen molar-refractivity contribution in [3.63, 3.8) is 0 Å². The molecule has 0 radical (unpaired) electrons. The zero-order chi connectivity index (χ0) is 17.1. The van der Waals surface area contributed by atoms with E-state index in [1.54, 1.807) is 17.3 Å². The van der Waals surface area contributed by atoms with E-state index in [0.717, 1.165) is 12.1 Å². The number of benzene rings is 1. The van der Waals surface area contributed by atoms with Crippen LogP contribution in [0.25, 0.3) is 0 Å². The number of piperidine rings is 1. The first-order valence-electron chi connectivity index (χ1n) is 7.90. The number of nitrogens with zero attached hydrogens (tertiary/aromatic N) is 3. The molecule has 1 unspecified atom stereocenters. The first-order valence-corrected chi connectivity index (χ1v) is 8.78. The van der Waals surface area contributed by atoms with Crippen LogP contribution in [0.4, 0.5) is 5.69 Å². The van der Waals surface area contributed by atoms with Crippen molar-refractivity contribution in [2.75, 3.05) is 18.5 Å². The lowest BCUT2D eigenvalue weighted by Gasteiger charge is -2.36. The number of amides is 2. The molecule has 24 heavy (non-hydrogen) atoms. The molecular formula is C17H20N4O2S. The van der Waals surface area contributed by atoms with Gasteiger partial charge in [0.25, 0.3) is 5.91 Å². The Morgan fingerprint density at radius 2 is 2.17 bits per heavy atom. The van der Waals surface area contributed by atoms with Gasteiger partial charge in [0.2, 0.25) is 5.91 Å². The van der Waals surface area contributed by atoms with E-state index in [2.05, 4.69) is 4.98 Å². The number of thiazole rings is 1. The summed E-state index contributed by atoms with van der Waals surface area (Å²) in [6, 6.07) is 9.10. The Morgan fingerprint density at radius 1 is 1.42 bits per heavy atom. The van der Waals surface area contributed by atoms with Gasteiger partial charge in [-0.15, -0.1) is 11.3 Å². The zero-order valence-electron chi connectivity index (χ0n) is 13.5. The molecule has 1 fully saturated rings. The van der Waals surface area contributed by atoms with Gasteiger partial charge in [-0.05, 0) is 25.0 Å². The second-order valence-electron chi connectivity index (χ2n) is 5.73. The fraction of sp³-hybridized carbons (Fsp3) is 0.353. The van der Waals surface area contributed by atoms with Crippen molar-refractivity contribution in [3.05, 3.63) is 46.4 Å². The smallest absolute Gasteiger partial charge is 0.273 e. The molecule has 1 aliphatic rings. The second kappa shape index (κ2) is 7.11. The summed E-state index contributed by atoms with van der Waals surface area (Å²) in [7, 11) is 1.67. The van der Waals surface area contributed by atoms with E-state index in [0.29, 0.717) is 30.2 Å². The molecule has 0 saturated carbocycles. The Bertz CT molecular complexity index is 731. The highest BCUT2D eigenvalue weighted by Gasteiger charge is 2.35. The molecule has 126 valence electrons. The van der Waals surface area contributed by atoms with Crippen molar-refractivity contribution in [1.29, 1.82) is 0 Å². The second-order valence-corrected chi connectivity index (χ2v) is 6.67. The molecule has 2 N–H and O–H groups in total. The summed E-state index contributed by atoms with van der Waals surface area (Å²) in [5, 5.41) is 2.41. The Hall–Kier alpha value is -2.25. The lowest BCUT2D eigenvalue weighted by atomic mass is 10.0. The number of carbonyl (C=O) groups excluding carboxylic acids is 2. The molecule has 0 bridgehead atoms. The predicted octanol–water partition coefficient (Wildman–Crippen LogP) is 1.87. The molecule has 1 aliphatic heterocycles. The van der Waals surface area contributed by atoms with Crippen LogP contribution in [0, 0.1) is 0 Å². The Morgan fingerprint density at radius 3 is 2.83 bits per heavy atom. The number of carbonyl (C=O) groups is 2. The highest BCUT2D eigenvalue weighted by Crippen LogP contribution is 2.24. The number of nitrogens with two attached hydrogens (primary N) is 1. The largest absolute Gasteiger partial charge is 0.328 e. The molecule has 0 aliphatic carbocycles. The molecule has 1 aromatic carbocycles. The molecule has 7 heteroatoms. The average Bonchev–Trinajstić information content (AvgIpc) is 3.10. The van der Waals surface area contributed by atoms with E-state index >= 15 is 0 Å². The van der Waals surface area contributed by atoms with Crippen LogP contribution in [0.2, 0.25) is 0 Å². The number of aromatic nitrogens is 1. The summed E-state index contributed by atoms with van der Waals surface area (Å²) in [4.78, 5) is 33.0. The summed E-state index contributed by atoms with van der Waals surface area (Å²) in [6.45, 7) is 0.987. The van der Waals surface area contributed by atoms with Crippen molar-refractivity contribution in [3.8, 4) is 0 Å². The highest BCUT2D eigenvalue weighted by molar-refractivity contribution is 7.09. The normalized spacial score (nSPS) is 17.8. The molecular weight excluding hydrogens is 324 g/mol. The average molecular weight is 344 g/mol. The minimum atomic E-state index is -0.463. The Kier molecular flexibility index (Phi) is 4.92. The first-order chi connectivity index (χ1) is 11.6. The molecule has 1 aromatic heterocycles. The molecule has 6 nitrogen and oxygen atoms in total. The predicted molar refractivity (Wildman–Crippen MR) is 93.9 cm³/mol. The van der Waals surface area contributed by atoms with E-state index in [1.807, 2.05) is 30.3 Å². The lowest BCUT2D eigenvalue weighted by Crippen LogP contribution is -2.53. The topological polar surface area (TPSA) is 79.5 Å². The summed E-state index contributed by atoms with van der Waals surface area (Å²) in [6.07, 6.45) is 1.52. The fourth-order valence-electron chi connectivity index (χ4n) is 2.90. The van der Waals surface area contributed by atoms with Crippen LogP contribution in [0.5, 0.6) is 0 Å². The molecule has 2 aromatic rings. The van der Waals surface area contributed by atoms with Gasteiger partial charge in [-0.1, -0.05) is 18.2 Å². The van der Waals surface area contributed by atoms with Gasteiger partial charge in [0.15, 0.2) is 0 Å². The monoisotopic (exact) mass is 344 g/mol. The van der Waals surface area contributed by atoms with Gasteiger partial charge in [-0.2, -0.15) is 0 Å². The van der Waals surface area contributed by atoms with Crippen LogP contribution in [0.15, 0.2) is 35.7 Å². The lowest BCUT2D eigenvalue weighted by molar-refractivity contribution is -0.124. The standard InChI is InChI=1S/C17H20N4O2S/c1-20(16(22)13-11-24-15(10-18)19-13)14-8-5-9-21(17(14)23)12-6-3-2-4-7-12/h2-4,6-7,11,14H,5,8-10,18H2,1H3. The zero-order valence-corrected chi connectivity index (χ0v) is 14.3. The summed E-state index contributed by atoms with van der Waals surface area (Å²) in [5.41, 5.74) is 6.77. The third-order valence-corrected chi connectivity index (χ3v) is 5.08. The van der Waals surface area contributed by atoms with Crippen LogP contribution in [-0.2, 0) is 11.3 Å². The van der Waals surface area contributed by atoms with Gasteiger partial charge in [-0.25, -0.2) is 4.98 Å². The van der Waals surface area contributed by atoms with Crippen LogP contribution in [0.1, 0.15) is 28.3 Å². The van der Waals surface area contributed by atoms with Crippen LogP contribution in [-0.4, -0.2) is 41.3 Å². The van der Waals surface area contributed by atoms with E-state index in [4.69, 9.17) is 5.73 Å². The minimum Gasteiger partial charge on any atom is -0.328 e. The van der Waals surface area contributed by atoms with Crippen molar-refractivity contribution in [2.45, 2.75) is 25.4 Å². The van der Waals surface area contributed by atoms with Crippen molar-refractivity contribution >= 4 is 28.8 Å². The maximum Gasteiger partial charge on any atom is 0.273 e. The maximum absolute atomic E-state index is 12.9. The number of hydrogen-bond acceptors (Lipinski definition) is 5. The molecule has 3 rings (SSSR count). The quantitative estimate of drug-likeness (QED) is 0.918. The Balaban J connectivity index is 1.77. The Labute approximate surface area is 144 Å². The summed E-state index contributed by atoms with van der Waals surface area (Å²) >= 11 is 1.36. The molecule has 2 heterocycles. The maximum atomic E-state index is 12.9. The fourth-order valence-corrected chi connectivity index (χ4v) is 3.55. The van der Waals surface area contributed by atoms with Gasteiger partial charge in [0, 0.05) is 31.2 Å². The van der Waals surface area contributed by atoms with Crippen LogP contribution < -0.4 is 10.6 Å². The van der Waals surface area contributed by atoms with Gasteiger partial charge in [0.1, 0.15) is 16.7 Å². The van der Waals surface area contributed by atoms with E-state index in [-0.39, 0.29) is 11.8 Å². The van der Waals surface area contributed by atoms with Crippen molar-refractivity contribution in [1.82, 2.24) is 9.88 Å². The SMILES string of the molecule is CN(C(=O)c1csc(CN)n1)C1CCCN(c2ccccc2)C1=O. The number of rotatable bonds is 4. The minimum absolute atomic E-state index is 0.0439. The number of para-hydroxylation sites is 1. The van der Waals surface area contributed by atoms with E-state index in [1.165, 1.54) is 16.2 Å². The first kappa shape index (κ1) is 16.6. The van der Waals surface area contributed by atoms with Crippen LogP contribution >= 0.6 is 11.3 Å². The summed E-state index contributed by atoms with van der Waals surface area (Å²) in [5.74, 6) is -0.281. The van der Waals surface area contributed by atoms with Gasteiger partial charge >= 0.3 is 0 Å².